The Hall–Kier alpha value is -5.78. The van der Waals surface area contributed by atoms with Crippen molar-refractivity contribution in [2.24, 2.45) is 17.8 Å². The molecule has 0 aliphatic carbocycles. The Morgan fingerprint density at radius 2 is 1.30 bits per heavy atom. The minimum Gasteiger partial charge on any atom is -0.497 e. The second-order valence-corrected chi connectivity index (χ2v) is 15.7. The van der Waals surface area contributed by atoms with E-state index in [0.717, 1.165) is 22.3 Å². The van der Waals surface area contributed by atoms with Crippen molar-refractivity contribution < 1.29 is 42.2 Å². The molecular formula is C48H48ClF3N2O6. The molecule has 0 fully saturated rings. The molecule has 0 saturated heterocycles. The Bertz CT molecular complexity index is 2190. The average Bonchev–Trinajstić information content (AvgIpc) is 3.23. The van der Waals surface area contributed by atoms with Crippen molar-refractivity contribution in [3.05, 3.63) is 172 Å². The predicted octanol–water partition coefficient (Wildman–Crippen LogP) is 9.36. The lowest BCUT2D eigenvalue weighted by Crippen LogP contribution is -2.49. The Kier molecular flexibility index (Phi) is 15.1. The summed E-state index contributed by atoms with van der Waals surface area (Å²) in [4.78, 5) is 57.2. The molecule has 0 heterocycles. The van der Waals surface area contributed by atoms with Crippen molar-refractivity contribution in [3.8, 4) is 5.75 Å². The number of nitrogens with one attached hydrogen (secondary N) is 2. The fourth-order valence-corrected chi connectivity index (χ4v) is 7.54. The Morgan fingerprint density at radius 1 is 0.733 bits per heavy atom. The predicted molar refractivity (Wildman–Crippen MR) is 224 cm³/mol. The number of benzene rings is 5. The molecular weight excluding hydrogens is 793 g/mol. The number of hydrogen-bond donors (Lipinski definition) is 3. The standard InChI is InChI=1S/C48H48ClF3N2O6/c1-30(2)40(45(58)48(50,51)52)29-42(56)44(32-20-24-39(60-4)25-21-32)53-46(59)34(27-41(55)33-12-11-17-38(49)26-33)28-43(57)54-47(35-13-7-5-8-14-35,36-15-9-6-10-16-36)37-22-18-31(3)19-23-37/h5-26,30,34,40,44-45,58H,27-29H2,1-4H3,(H,53,59)(H,54,57)/t34-,40-,44-,45-/m0/s1. The van der Waals surface area contributed by atoms with Crippen LogP contribution in [0, 0.1) is 24.7 Å². The number of methoxy groups -OCH3 is 1. The zero-order chi connectivity index (χ0) is 43.6. The number of aryl methyl sites for hydroxylation is 1. The molecule has 3 N–H and O–H groups in total. The van der Waals surface area contributed by atoms with Crippen molar-refractivity contribution in [2.45, 2.75) is 63.9 Å². The van der Waals surface area contributed by atoms with Gasteiger partial charge >= 0.3 is 6.18 Å². The van der Waals surface area contributed by atoms with Crippen LogP contribution in [0.4, 0.5) is 13.2 Å². The van der Waals surface area contributed by atoms with Crippen LogP contribution in [0.1, 0.15) is 77.3 Å². The summed E-state index contributed by atoms with van der Waals surface area (Å²) in [7, 11) is 1.43. The fraction of sp³-hybridized carbons (Fsp3) is 0.292. The van der Waals surface area contributed by atoms with Crippen molar-refractivity contribution in [1.82, 2.24) is 10.6 Å². The van der Waals surface area contributed by atoms with E-state index < -0.39 is 84.3 Å². The number of carbonyl (C=O) groups excluding carboxylic acids is 4. The molecule has 0 aliphatic rings. The molecule has 5 rings (SSSR count). The number of carbonyl (C=O) groups is 4. The normalized spacial score (nSPS) is 13.8. The van der Waals surface area contributed by atoms with Crippen molar-refractivity contribution in [3.63, 3.8) is 0 Å². The second kappa shape index (κ2) is 20.0. The van der Waals surface area contributed by atoms with Gasteiger partial charge in [0.2, 0.25) is 11.8 Å². The maximum absolute atomic E-state index is 14.6. The first kappa shape index (κ1) is 45.3. The van der Waals surface area contributed by atoms with Crippen molar-refractivity contribution in [2.75, 3.05) is 7.11 Å². The van der Waals surface area contributed by atoms with E-state index in [-0.39, 0.29) is 16.1 Å². The monoisotopic (exact) mass is 840 g/mol. The van der Waals surface area contributed by atoms with Crippen LogP contribution < -0.4 is 15.4 Å². The first-order valence-corrected chi connectivity index (χ1v) is 19.9. The van der Waals surface area contributed by atoms with Gasteiger partial charge in [-0.3, -0.25) is 19.2 Å². The van der Waals surface area contributed by atoms with E-state index in [2.05, 4.69) is 10.6 Å². The van der Waals surface area contributed by atoms with E-state index in [1.165, 1.54) is 57.4 Å². The highest BCUT2D eigenvalue weighted by molar-refractivity contribution is 6.31. The molecule has 0 bridgehead atoms. The molecule has 0 aromatic heterocycles. The van der Waals surface area contributed by atoms with Gasteiger partial charge in [0, 0.05) is 35.8 Å². The van der Waals surface area contributed by atoms with Gasteiger partial charge in [0.05, 0.1) is 13.0 Å². The highest BCUT2D eigenvalue weighted by Gasteiger charge is 2.46. The van der Waals surface area contributed by atoms with Crippen LogP contribution in [-0.2, 0) is 19.9 Å². The van der Waals surface area contributed by atoms with Gasteiger partial charge in [0.1, 0.15) is 17.3 Å². The molecule has 8 nitrogen and oxygen atoms in total. The number of aliphatic hydroxyl groups is 1. The van der Waals surface area contributed by atoms with E-state index >= 15 is 0 Å². The summed E-state index contributed by atoms with van der Waals surface area (Å²) in [5.41, 5.74) is 2.29. The first-order chi connectivity index (χ1) is 28.5. The minimum atomic E-state index is -5.00. The SMILES string of the molecule is COc1ccc([C@H](NC(=O)[C@H](CC(=O)NC(c2ccccc2)(c2ccccc2)c2ccc(C)cc2)CC(=O)c2cccc(Cl)c2)C(=O)C[C@@H](C(C)C)[C@H](O)C(F)(F)F)cc1. The van der Waals surface area contributed by atoms with Gasteiger partial charge < -0.3 is 20.5 Å². The fourth-order valence-electron chi connectivity index (χ4n) is 7.35. The lowest BCUT2D eigenvalue weighted by Gasteiger charge is -2.37. The van der Waals surface area contributed by atoms with E-state index in [1.807, 2.05) is 91.9 Å². The maximum Gasteiger partial charge on any atom is 0.414 e. The second-order valence-electron chi connectivity index (χ2n) is 15.2. The van der Waals surface area contributed by atoms with Crippen LogP contribution >= 0.6 is 11.6 Å². The third kappa shape index (κ3) is 11.1. The van der Waals surface area contributed by atoms with Crippen LogP contribution in [0.5, 0.6) is 5.75 Å². The molecule has 0 spiro atoms. The third-order valence-electron chi connectivity index (χ3n) is 10.7. The number of ether oxygens (including phenoxy) is 1. The zero-order valence-electron chi connectivity index (χ0n) is 33.7. The van der Waals surface area contributed by atoms with Crippen LogP contribution in [0.15, 0.2) is 133 Å². The number of ketones is 2. The Balaban J connectivity index is 1.56. The molecule has 0 unspecified atom stereocenters. The number of rotatable bonds is 18. The van der Waals surface area contributed by atoms with Gasteiger partial charge in [-0.2, -0.15) is 13.2 Å². The highest BCUT2D eigenvalue weighted by Crippen LogP contribution is 2.38. The van der Waals surface area contributed by atoms with Gasteiger partial charge in [-0.25, -0.2) is 0 Å². The molecule has 5 aromatic rings. The number of alkyl halides is 3. The average molecular weight is 841 g/mol. The van der Waals surface area contributed by atoms with Gasteiger partial charge in [-0.1, -0.05) is 140 Å². The summed E-state index contributed by atoms with van der Waals surface area (Å²) < 4.78 is 46.6. The molecule has 0 saturated carbocycles. The molecule has 4 atom stereocenters. The van der Waals surface area contributed by atoms with E-state index in [1.54, 1.807) is 12.1 Å². The summed E-state index contributed by atoms with van der Waals surface area (Å²) in [6.45, 7) is 4.87. The number of Topliss-reactive ketones (excluding diaryl/α,β-unsaturated/α-hetero) is 2. The minimum absolute atomic E-state index is 0.187. The van der Waals surface area contributed by atoms with E-state index in [4.69, 9.17) is 16.3 Å². The number of halogens is 4. The van der Waals surface area contributed by atoms with Crippen molar-refractivity contribution in [1.29, 1.82) is 0 Å². The molecule has 12 heteroatoms. The number of amides is 2. The quantitative estimate of drug-likeness (QED) is 0.0598. The van der Waals surface area contributed by atoms with Crippen LogP contribution in [0.25, 0.3) is 0 Å². The van der Waals surface area contributed by atoms with E-state index in [0.29, 0.717) is 5.75 Å². The summed E-state index contributed by atoms with van der Waals surface area (Å²) in [5, 5.41) is 16.4. The molecule has 0 radical (unpaired) electrons. The Labute approximate surface area is 353 Å². The summed E-state index contributed by atoms with van der Waals surface area (Å²) in [6.07, 6.45) is -9.56. The van der Waals surface area contributed by atoms with Crippen LogP contribution in [0.2, 0.25) is 5.02 Å². The van der Waals surface area contributed by atoms with Crippen LogP contribution in [0.3, 0.4) is 0 Å². The topological polar surface area (TPSA) is 122 Å². The highest BCUT2D eigenvalue weighted by atomic mass is 35.5. The van der Waals surface area contributed by atoms with Gasteiger partial charge in [0.25, 0.3) is 0 Å². The molecule has 2 amide bonds. The molecule has 314 valence electrons. The zero-order valence-corrected chi connectivity index (χ0v) is 34.5. The lowest BCUT2D eigenvalue weighted by atomic mass is 9.76. The van der Waals surface area contributed by atoms with Crippen LogP contribution in [-0.4, -0.2) is 47.9 Å². The van der Waals surface area contributed by atoms with Gasteiger partial charge in [-0.15, -0.1) is 0 Å². The molecule has 60 heavy (non-hydrogen) atoms. The van der Waals surface area contributed by atoms with Gasteiger partial charge in [-0.05, 0) is 59.4 Å². The third-order valence-corrected chi connectivity index (χ3v) is 10.9. The summed E-state index contributed by atoms with van der Waals surface area (Å²) in [6, 6.07) is 36.9. The first-order valence-electron chi connectivity index (χ1n) is 19.5. The summed E-state index contributed by atoms with van der Waals surface area (Å²) in [5.74, 6) is -6.07. The smallest absolute Gasteiger partial charge is 0.414 e. The Morgan fingerprint density at radius 3 is 1.82 bits per heavy atom. The summed E-state index contributed by atoms with van der Waals surface area (Å²) >= 11 is 6.21. The maximum atomic E-state index is 14.6. The van der Waals surface area contributed by atoms with Crippen molar-refractivity contribution >= 4 is 35.0 Å². The largest absolute Gasteiger partial charge is 0.497 e. The van der Waals surface area contributed by atoms with Gasteiger partial charge in [0.15, 0.2) is 17.7 Å². The molecule has 0 aliphatic heterocycles. The lowest BCUT2D eigenvalue weighted by molar-refractivity contribution is -0.224. The number of hydrogen-bond acceptors (Lipinski definition) is 6. The number of aliphatic hydroxyl groups excluding tert-OH is 1. The van der Waals surface area contributed by atoms with E-state index in [9.17, 15) is 37.5 Å². The molecule has 5 aromatic carbocycles.